The van der Waals surface area contributed by atoms with Crippen molar-refractivity contribution >= 4 is 48.1 Å². The van der Waals surface area contributed by atoms with Gasteiger partial charge in [-0.2, -0.15) is 0 Å². The predicted molar refractivity (Wildman–Crippen MR) is 80.9 cm³/mol. The Morgan fingerprint density at radius 1 is 1.47 bits per heavy atom. The second-order valence-corrected chi connectivity index (χ2v) is 7.88. The maximum absolute atomic E-state index is 12.1. The fraction of sp³-hybridized carbons (Fsp3) is 0.182. The Kier molecular flexibility index (Phi) is 4.12. The summed E-state index contributed by atoms with van der Waals surface area (Å²) in [7, 11) is -3.65. The zero-order valence-electron chi connectivity index (χ0n) is 10.1. The van der Waals surface area contributed by atoms with E-state index >= 15 is 0 Å². The molecular formula is C11H12BrN3O2S2. The summed E-state index contributed by atoms with van der Waals surface area (Å²) >= 11 is 4.43. The van der Waals surface area contributed by atoms with E-state index in [-0.39, 0.29) is 4.90 Å². The number of anilines is 2. The zero-order chi connectivity index (χ0) is 14.0. The van der Waals surface area contributed by atoms with Crippen molar-refractivity contribution in [1.82, 2.24) is 4.98 Å². The van der Waals surface area contributed by atoms with Gasteiger partial charge in [-0.15, -0.1) is 0 Å². The SMILES string of the molecule is CCc1ccc(S(=O)(=O)Nc2ncc(Br)s2)cc1N. The minimum Gasteiger partial charge on any atom is -0.398 e. The van der Waals surface area contributed by atoms with Crippen molar-refractivity contribution < 1.29 is 8.42 Å². The van der Waals surface area contributed by atoms with E-state index in [0.29, 0.717) is 10.8 Å². The molecule has 0 saturated carbocycles. The molecular weight excluding hydrogens is 350 g/mol. The maximum atomic E-state index is 12.1. The molecule has 102 valence electrons. The van der Waals surface area contributed by atoms with Crippen LogP contribution in [0.4, 0.5) is 10.8 Å². The highest BCUT2D eigenvalue weighted by molar-refractivity contribution is 9.11. The number of hydrogen-bond acceptors (Lipinski definition) is 5. The molecule has 2 aromatic rings. The highest BCUT2D eigenvalue weighted by Gasteiger charge is 2.17. The van der Waals surface area contributed by atoms with Crippen LogP contribution in [0.2, 0.25) is 0 Å². The Morgan fingerprint density at radius 2 is 2.21 bits per heavy atom. The van der Waals surface area contributed by atoms with E-state index in [9.17, 15) is 8.42 Å². The lowest BCUT2D eigenvalue weighted by atomic mass is 10.1. The van der Waals surface area contributed by atoms with E-state index in [2.05, 4.69) is 25.6 Å². The summed E-state index contributed by atoms with van der Waals surface area (Å²) in [4.78, 5) is 4.07. The normalized spacial score (nSPS) is 11.5. The van der Waals surface area contributed by atoms with Crippen LogP contribution < -0.4 is 10.5 Å². The van der Waals surface area contributed by atoms with Gasteiger partial charge >= 0.3 is 0 Å². The predicted octanol–water partition coefficient (Wildman–Crippen LogP) is 2.85. The minimum absolute atomic E-state index is 0.133. The number of halogens is 1. The fourth-order valence-corrected chi connectivity index (χ4v) is 3.92. The lowest BCUT2D eigenvalue weighted by Gasteiger charge is -2.08. The quantitative estimate of drug-likeness (QED) is 0.819. The second kappa shape index (κ2) is 5.48. The zero-order valence-corrected chi connectivity index (χ0v) is 13.3. The van der Waals surface area contributed by atoms with Gasteiger partial charge in [0.05, 0.1) is 14.9 Å². The molecule has 0 fully saturated rings. The van der Waals surface area contributed by atoms with E-state index < -0.39 is 10.0 Å². The number of thiazole rings is 1. The van der Waals surface area contributed by atoms with Crippen molar-refractivity contribution in [3.8, 4) is 0 Å². The van der Waals surface area contributed by atoms with Crippen molar-refractivity contribution in [2.75, 3.05) is 10.5 Å². The smallest absolute Gasteiger partial charge is 0.263 e. The molecule has 0 spiro atoms. The topological polar surface area (TPSA) is 85.1 Å². The van der Waals surface area contributed by atoms with Gasteiger partial charge in [-0.3, -0.25) is 4.72 Å². The van der Waals surface area contributed by atoms with Crippen LogP contribution in [0.5, 0.6) is 0 Å². The number of hydrogen-bond donors (Lipinski definition) is 2. The number of nitrogens with two attached hydrogens (primary N) is 1. The van der Waals surface area contributed by atoms with Crippen LogP contribution in [-0.4, -0.2) is 13.4 Å². The Labute approximate surface area is 124 Å². The number of aryl methyl sites for hydroxylation is 1. The molecule has 0 amide bonds. The maximum Gasteiger partial charge on any atom is 0.263 e. The summed E-state index contributed by atoms with van der Waals surface area (Å²) in [5.74, 6) is 0. The standard InChI is InChI=1S/C11H12BrN3O2S2/c1-2-7-3-4-8(5-9(7)13)19(16,17)15-11-14-6-10(12)18-11/h3-6H,2,13H2,1H3,(H,14,15). The molecule has 2 rings (SSSR count). The molecule has 0 radical (unpaired) electrons. The molecule has 0 bridgehead atoms. The van der Waals surface area contributed by atoms with E-state index in [4.69, 9.17) is 5.73 Å². The summed E-state index contributed by atoms with van der Waals surface area (Å²) in [6.07, 6.45) is 2.30. The summed E-state index contributed by atoms with van der Waals surface area (Å²) in [5, 5.41) is 0.310. The van der Waals surface area contributed by atoms with Gasteiger partial charge in [0.25, 0.3) is 10.0 Å². The summed E-state index contributed by atoms with van der Waals surface area (Å²) < 4.78 is 27.5. The first-order valence-electron chi connectivity index (χ1n) is 5.45. The first-order chi connectivity index (χ1) is 8.92. The molecule has 5 nitrogen and oxygen atoms in total. The number of sulfonamides is 1. The number of rotatable bonds is 4. The largest absolute Gasteiger partial charge is 0.398 e. The highest BCUT2D eigenvalue weighted by atomic mass is 79.9. The van der Waals surface area contributed by atoms with Crippen LogP contribution in [0, 0.1) is 0 Å². The molecule has 0 aliphatic heterocycles. The third-order valence-corrected chi connectivity index (χ3v) is 5.37. The lowest BCUT2D eigenvalue weighted by molar-refractivity contribution is 0.601. The van der Waals surface area contributed by atoms with Crippen LogP contribution in [0.1, 0.15) is 12.5 Å². The Morgan fingerprint density at radius 3 is 2.74 bits per heavy atom. The first-order valence-corrected chi connectivity index (χ1v) is 8.54. The van der Waals surface area contributed by atoms with Gasteiger partial charge in [0, 0.05) is 5.69 Å². The molecule has 1 heterocycles. The van der Waals surface area contributed by atoms with Crippen LogP contribution in [0.25, 0.3) is 0 Å². The average Bonchev–Trinajstić information content (AvgIpc) is 2.73. The Hall–Kier alpha value is -1.12. The van der Waals surface area contributed by atoms with E-state index in [1.807, 2.05) is 6.92 Å². The first kappa shape index (κ1) is 14.3. The van der Waals surface area contributed by atoms with E-state index in [1.165, 1.54) is 23.6 Å². The number of nitrogens with zero attached hydrogens (tertiary/aromatic N) is 1. The summed E-state index contributed by atoms with van der Waals surface area (Å²) in [5.41, 5.74) is 7.22. The van der Waals surface area contributed by atoms with Crippen molar-refractivity contribution in [3.05, 3.63) is 33.7 Å². The number of benzene rings is 1. The van der Waals surface area contributed by atoms with E-state index in [1.54, 1.807) is 12.1 Å². The Balaban J connectivity index is 2.31. The molecule has 1 aromatic heterocycles. The van der Waals surface area contributed by atoms with Gasteiger partial charge in [0.15, 0.2) is 5.13 Å². The van der Waals surface area contributed by atoms with Gasteiger partial charge in [-0.05, 0) is 40.0 Å². The van der Waals surface area contributed by atoms with Crippen LogP contribution in [0.15, 0.2) is 33.1 Å². The molecule has 0 saturated heterocycles. The van der Waals surface area contributed by atoms with Gasteiger partial charge in [0.1, 0.15) is 0 Å². The van der Waals surface area contributed by atoms with Gasteiger partial charge in [-0.25, -0.2) is 13.4 Å². The third-order valence-electron chi connectivity index (χ3n) is 2.51. The molecule has 0 aliphatic rings. The van der Waals surface area contributed by atoms with E-state index in [0.717, 1.165) is 15.8 Å². The molecule has 0 atom stereocenters. The molecule has 3 N–H and O–H groups in total. The van der Waals surface area contributed by atoms with Crippen molar-refractivity contribution in [2.45, 2.75) is 18.2 Å². The third kappa shape index (κ3) is 3.26. The summed E-state index contributed by atoms with van der Waals surface area (Å²) in [6.45, 7) is 1.96. The van der Waals surface area contributed by atoms with Gasteiger partial charge in [0.2, 0.25) is 0 Å². The van der Waals surface area contributed by atoms with Crippen molar-refractivity contribution in [3.63, 3.8) is 0 Å². The number of nitrogen functional groups attached to an aromatic ring is 1. The van der Waals surface area contributed by atoms with Crippen LogP contribution in [-0.2, 0) is 16.4 Å². The van der Waals surface area contributed by atoms with Crippen molar-refractivity contribution in [2.24, 2.45) is 0 Å². The highest BCUT2D eigenvalue weighted by Crippen LogP contribution is 2.26. The monoisotopic (exact) mass is 361 g/mol. The minimum atomic E-state index is -3.65. The van der Waals surface area contributed by atoms with Crippen LogP contribution in [0.3, 0.4) is 0 Å². The lowest BCUT2D eigenvalue weighted by Crippen LogP contribution is -2.13. The average molecular weight is 362 g/mol. The molecule has 19 heavy (non-hydrogen) atoms. The Bertz CT molecular complexity index is 698. The molecule has 1 aromatic carbocycles. The summed E-state index contributed by atoms with van der Waals surface area (Å²) in [6, 6.07) is 4.73. The van der Waals surface area contributed by atoms with Crippen LogP contribution >= 0.6 is 27.3 Å². The fourth-order valence-electron chi connectivity index (χ4n) is 1.54. The number of aromatic nitrogens is 1. The molecule has 8 heteroatoms. The second-order valence-electron chi connectivity index (χ2n) is 3.79. The molecule has 0 unspecified atom stereocenters. The molecule has 0 aliphatic carbocycles. The van der Waals surface area contributed by atoms with Gasteiger partial charge < -0.3 is 5.73 Å². The number of nitrogens with one attached hydrogen (secondary N) is 1. The van der Waals surface area contributed by atoms with Crippen molar-refractivity contribution in [1.29, 1.82) is 0 Å². The van der Waals surface area contributed by atoms with Gasteiger partial charge in [-0.1, -0.05) is 24.3 Å².